The first kappa shape index (κ1) is 53.1. The van der Waals surface area contributed by atoms with Crippen molar-refractivity contribution in [3.63, 3.8) is 0 Å². The minimum absolute atomic E-state index is 0.509. The number of para-hydroxylation sites is 3. The number of pyridine rings is 7. The fourth-order valence-corrected chi connectivity index (χ4v) is 15.9. The van der Waals surface area contributed by atoms with E-state index in [1.807, 2.05) is 128 Å². The van der Waals surface area contributed by atoms with Gasteiger partial charge in [0.15, 0.2) is 0 Å². The van der Waals surface area contributed by atoms with Gasteiger partial charge in [-0.15, -0.1) is 0 Å². The van der Waals surface area contributed by atoms with Crippen molar-refractivity contribution in [2.75, 3.05) is 0 Å². The summed E-state index contributed by atoms with van der Waals surface area (Å²) in [5.74, 6) is 0. The molecule has 0 aliphatic heterocycles. The van der Waals surface area contributed by atoms with Gasteiger partial charge in [0.05, 0.1) is 61.6 Å². The molecule has 0 saturated heterocycles. The Bertz CT molecular complexity index is 6030. The molecule has 0 atom stereocenters. The van der Waals surface area contributed by atoms with Gasteiger partial charge in [0, 0.05) is 118 Å². The van der Waals surface area contributed by atoms with Crippen LogP contribution in [0.15, 0.2) is 292 Å². The number of aromatic nitrogens is 8. The van der Waals surface area contributed by atoms with Gasteiger partial charge in [-0.05, 0) is 120 Å². The van der Waals surface area contributed by atoms with Gasteiger partial charge in [-0.3, -0.25) is 24.9 Å². The van der Waals surface area contributed by atoms with E-state index in [1.165, 1.54) is 0 Å². The topological polar surface area (TPSA) is 136 Å². The highest BCUT2D eigenvalue weighted by Crippen LogP contribution is 2.46. The van der Waals surface area contributed by atoms with Crippen LogP contribution in [-0.2, 0) is 4.57 Å². The number of fused-ring (bicyclic) bond motifs is 19. The summed E-state index contributed by atoms with van der Waals surface area (Å²) in [5.41, 5.74) is 15.4. The molecule has 0 bridgehead atoms. The van der Waals surface area contributed by atoms with Crippen LogP contribution in [0.1, 0.15) is 5.56 Å². The highest BCUT2D eigenvalue weighted by atomic mass is 31.2. The van der Waals surface area contributed by atoms with E-state index in [0.717, 1.165) is 148 Å². The Kier molecular flexibility index (Phi) is 12.6. The van der Waals surface area contributed by atoms with Gasteiger partial charge in [0.25, 0.3) is 0 Å². The first-order chi connectivity index (χ1) is 45.0. The summed E-state index contributed by atoms with van der Waals surface area (Å²) in [4.78, 5) is 34.0. The molecule has 8 heterocycles. The van der Waals surface area contributed by atoms with Crippen LogP contribution in [0.3, 0.4) is 0 Å². The molecular weight excluding hydrogens is 1130 g/mol. The number of benzene rings is 10. The summed E-state index contributed by atoms with van der Waals surface area (Å²) < 4.78 is 17.1. The lowest BCUT2D eigenvalue weighted by atomic mass is 9.92. The smallest absolute Gasteiger partial charge is 0.205 e. The highest BCUT2D eigenvalue weighted by molar-refractivity contribution is 7.84. The number of hydrogen-bond acceptors (Lipinski definition) is 9. The third-order valence-corrected chi connectivity index (χ3v) is 20.4. The van der Waals surface area contributed by atoms with Gasteiger partial charge in [0.2, 0.25) is 7.14 Å². The zero-order valence-corrected chi connectivity index (χ0v) is 49.5. The van der Waals surface area contributed by atoms with E-state index in [9.17, 15) is 9.83 Å². The Labute approximate surface area is 521 Å². The molecule has 11 heteroatoms. The minimum atomic E-state index is -3.30. The van der Waals surface area contributed by atoms with E-state index < -0.39 is 7.14 Å². The summed E-state index contributed by atoms with van der Waals surface area (Å²) in [7, 11) is -3.30. The van der Waals surface area contributed by atoms with Crippen molar-refractivity contribution in [2.24, 2.45) is 0 Å². The molecule has 0 fully saturated rings. The van der Waals surface area contributed by atoms with Crippen LogP contribution >= 0.6 is 7.14 Å². The molecule has 424 valence electrons. The molecule has 0 aliphatic rings. The van der Waals surface area contributed by atoms with Gasteiger partial charge in [0.1, 0.15) is 10.9 Å². The fourth-order valence-electron chi connectivity index (χ4n) is 13.5. The van der Waals surface area contributed by atoms with E-state index >= 15 is 0 Å². The molecule has 0 amide bonds. The first-order valence-electron chi connectivity index (χ1n) is 30.0. The van der Waals surface area contributed by atoms with E-state index in [-0.39, 0.29) is 0 Å². The third kappa shape index (κ3) is 8.63. The van der Waals surface area contributed by atoms with Crippen LogP contribution in [0.25, 0.3) is 148 Å². The van der Waals surface area contributed by atoms with Gasteiger partial charge in [-0.25, -0.2) is 9.97 Å². The average molecular weight is 1180 g/mol. The van der Waals surface area contributed by atoms with Crippen LogP contribution in [0.5, 0.6) is 0 Å². The summed E-state index contributed by atoms with van der Waals surface area (Å²) in [6.07, 6.45) is 8.87. The zero-order chi connectivity index (χ0) is 60.6. The van der Waals surface area contributed by atoms with Crippen molar-refractivity contribution in [1.82, 2.24) is 39.5 Å². The maximum Gasteiger partial charge on any atom is 0.205 e. The van der Waals surface area contributed by atoms with Crippen molar-refractivity contribution in [1.29, 1.82) is 5.26 Å². The largest absolute Gasteiger partial charge is 0.309 e. The van der Waals surface area contributed by atoms with Gasteiger partial charge >= 0.3 is 0 Å². The lowest BCUT2D eigenvalue weighted by Gasteiger charge is -2.19. The summed E-state index contributed by atoms with van der Waals surface area (Å²) >= 11 is 0. The molecule has 10 aromatic carbocycles. The lowest BCUT2D eigenvalue weighted by Crippen LogP contribution is -2.28. The van der Waals surface area contributed by atoms with Gasteiger partial charge < -0.3 is 9.13 Å². The van der Waals surface area contributed by atoms with Gasteiger partial charge in [-0.2, -0.15) is 5.26 Å². The quantitative estimate of drug-likeness (QED) is 0.113. The Morgan fingerprint density at radius 2 is 0.802 bits per heavy atom. The molecule has 0 saturated carbocycles. The number of nitrogens with zero attached hydrogens (tertiary/aromatic N) is 9. The highest BCUT2D eigenvalue weighted by Gasteiger charge is 2.33. The van der Waals surface area contributed by atoms with Crippen LogP contribution < -0.4 is 16.2 Å². The van der Waals surface area contributed by atoms with Crippen molar-refractivity contribution >= 4 is 132 Å². The Morgan fingerprint density at radius 3 is 1.43 bits per heavy atom. The first-order valence-corrected chi connectivity index (χ1v) is 31.7. The molecule has 0 N–H and O–H groups in total. The normalized spacial score (nSPS) is 11.8. The van der Waals surface area contributed by atoms with E-state index in [1.54, 1.807) is 12.4 Å². The Hall–Kier alpha value is -12.2. The molecule has 0 aliphatic carbocycles. The van der Waals surface area contributed by atoms with Crippen LogP contribution in [0.2, 0.25) is 0 Å². The fraction of sp³-hybridized carbons (Fsp3) is 0. The summed E-state index contributed by atoms with van der Waals surface area (Å²) in [6, 6.07) is 90.3. The predicted molar refractivity (Wildman–Crippen MR) is 372 cm³/mol. The van der Waals surface area contributed by atoms with Crippen molar-refractivity contribution < 1.29 is 4.57 Å². The molecule has 10 nitrogen and oxygen atoms in total. The molecule has 18 rings (SSSR count). The number of rotatable bonds is 7. The molecule has 91 heavy (non-hydrogen) atoms. The van der Waals surface area contributed by atoms with Gasteiger partial charge in [-0.1, -0.05) is 158 Å². The second kappa shape index (κ2) is 21.6. The number of nitriles is 1. The second-order valence-corrected chi connectivity index (χ2v) is 25.2. The molecule has 0 spiro atoms. The number of hydrogen-bond donors (Lipinski definition) is 0. The summed E-state index contributed by atoms with van der Waals surface area (Å²) in [6.45, 7) is 0. The van der Waals surface area contributed by atoms with Crippen molar-refractivity contribution in [2.45, 2.75) is 0 Å². The van der Waals surface area contributed by atoms with E-state index in [0.29, 0.717) is 21.7 Å². The summed E-state index contributed by atoms with van der Waals surface area (Å²) in [5, 5.41) is 24.6. The second-order valence-electron chi connectivity index (χ2n) is 22.6. The molecule has 0 radical (unpaired) electrons. The maximum absolute atomic E-state index is 14.8. The third-order valence-electron chi connectivity index (χ3n) is 17.5. The Morgan fingerprint density at radius 1 is 0.330 bits per heavy atom. The van der Waals surface area contributed by atoms with Crippen molar-refractivity contribution in [3.8, 4) is 45.4 Å². The van der Waals surface area contributed by atoms with Crippen LogP contribution in [-0.4, -0.2) is 39.5 Å². The molecule has 0 unspecified atom stereocenters. The zero-order valence-electron chi connectivity index (χ0n) is 48.6. The molecular formula is C80H48N9OP. The van der Waals surface area contributed by atoms with Crippen LogP contribution in [0, 0.1) is 11.3 Å². The standard InChI is InChI=1S/C44H25N5.C36H23N4OP/c45-26-27-17-19-38-35(23-27)36-25-29(18-20-39(36)49(38)31-11-2-1-3-12-31)28-9-6-10-30(24-28)42-41-34-15-8-22-47-44(34)43-33(14-7-21-46-43)40(41)32-13-4-5-16-37(32)48-42;41-42(31-15-5-7-21-37-31,32-16-6-8-22-38-32)25-19-17-24(18-20-25)35-34-29-13-9-23-39-36(29)27-11-2-1-10-26(27)33(34)28-12-3-4-14-30(28)40-35/h1-25H;1-23H. The Balaban J connectivity index is 0.000000142. The maximum atomic E-state index is 14.8. The average Bonchev–Trinajstić information content (AvgIpc) is 1.53. The van der Waals surface area contributed by atoms with Crippen molar-refractivity contribution in [3.05, 3.63) is 297 Å². The van der Waals surface area contributed by atoms with E-state index in [4.69, 9.17) is 24.9 Å². The van der Waals surface area contributed by atoms with Crippen LogP contribution in [0.4, 0.5) is 0 Å². The lowest BCUT2D eigenvalue weighted by molar-refractivity contribution is 0.591. The molecule has 18 aromatic rings. The predicted octanol–water partition coefficient (Wildman–Crippen LogP) is 18.0. The van der Waals surface area contributed by atoms with E-state index in [2.05, 4.69) is 172 Å². The minimum Gasteiger partial charge on any atom is -0.309 e. The monoisotopic (exact) mass is 1180 g/mol. The molecule has 8 aromatic heterocycles. The SMILES string of the molecule is N#Cc1ccc2c(c1)c1cc(-c3cccc(-c4nc5ccccc5c5c6cccnc6c6ncccc6c45)c3)ccc1n2-c1ccccc1.O=P(c1ccc(-c2nc3ccccc3c3c4ccccc4c4ncccc4c23)cc1)(c1ccccn1)c1ccccn1.